The van der Waals surface area contributed by atoms with E-state index < -0.39 is 14.9 Å². The Bertz CT molecular complexity index is 970. The standard InChI is InChI=1S/C17H17N3O5S/c1-12(21)19-9-8-13-2-7-17(10-14(13)11-19)26(24,25)18-15-3-5-16(6-4-15)20(22)23/h2-7,10,18H,8-9,11H2,1H3. The zero-order valence-corrected chi connectivity index (χ0v) is 14.8. The number of nitro groups is 1. The van der Waals surface area contributed by atoms with Crippen LogP contribution in [-0.4, -0.2) is 30.7 Å². The first-order chi connectivity index (χ1) is 12.3. The summed E-state index contributed by atoms with van der Waals surface area (Å²) in [6.07, 6.45) is 0.686. The van der Waals surface area contributed by atoms with Gasteiger partial charge in [0, 0.05) is 37.8 Å². The molecule has 0 aliphatic carbocycles. The summed E-state index contributed by atoms with van der Waals surface area (Å²) in [7, 11) is -3.84. The van der Waals surface area contributed by atoms with Crippen LogP contribution in [0, 0.1) is 10.1 Å². The van der Waals surface area contributed by atoms with Gasteiger partial charge in [0.1, 0.15) is 0 Å². The van der Waals surface area contributed by atoms with Crippen molar-refractivity contribution in [3.63, 3.8) is 0 Å². The Morgan fingerprint density at radius 3 is 2.46 bits per heavy atom. The molecule has 0 saturated carbocycles. The number of carbonyl (C=O) groups is 1. The minimum Gasteiger partial charge on any atom is -0.338 e. The molecule has 1 amide bonds. The van der Waals surface area contributed by atoms with Gasteiger partial charge in [0.05, 0.1) is 9.82 Å². The second-order valence-electron chi connectivity index (χ2n) is 6.03. The number of amides is 1. The Kier molecular flexibility index (Phi) is 4.64. The monoisotopic (exact) mass is 375 g/mol. The van der Waals surface area contributed by atoms with Gasteiger partial charge in [-0.25, -0.2) is 8.42 Å². The fourth-order valence-corrected chi connectivity index (χ4v) is 3.94. The molecule has 1 heterocycles. The first-order valence-electron chi connectivity index (χ1n) is 7.91. The molecular weight excluding hydrogens is 358 g/mol. The average Bonchev–Trinajstić information content (AvgIpc) is 2.60. The highest BCUT2D eigenvalue weighted by molar-refractivity contribution is 7.92. The molecule has 0 fully saturated rings. The van der Waals surface area contributed by atoms with Crippen LogP contribution in [0.15, 0.2) is 47.4 Å². The molecule has 0 bridgehead atoms. The van der Waals surface area contributed by atoms with Gasteiger partial charge >= 0.3 is 0 Å². The fraction of sp³-hybridized carbons (Fsp3) is 0.235. The Morgan fingerprint density at radius 2 is 1.85 bits per heavy atom. The summed E-state index contributed by atoms with van der Waals surface area (Å²) in [5.74, 6) is -0.0482. The largest absolute Gasteiger partial charge is 0.338 e. The number of nitro benzene ring substituents is 1. The van der Waals surface area contributed by atoms with E-state index in [1.54, 1.807) is 17.0 Å². The van der Waals surface area contributed by atoms with Gasteiger partial charge < -0.3 is 4.90 Å². The van der Waals surface area contributed by atoms with Crippen molar-refractivity contribution in [3.8, 4) is 0 Å². The molecule has 0 aromatic heterocycles. The molecule has 0 spiro atoms. The molecule has 1 N–H and O–H groups in total. The second-order valence-corrected chi connectivity index (χ2v) is 7.71. The zero-order chi connectivity index (χ0) is 18.9. The van der Waals surface area contributed by atoms with Gasteiger partial charge in [0.15, 0.2) is 0 Å². The molecule has 1 aliphatic rings. The van der Waals surface area contributed by atoms with Gasteiger partial charge in [-0.2, -0.15) is 0 Å². The lowest BCUT2D eigenvalue weighted by molar-refractivity contribution is -0.384. The van der Waals surface area contributed by atoms with Crippen LogP contribution in [0.2, 0.25) is 0 Å². The van der Waals surface area contributed by atoms with Gasteiger partial charge in [-0.15, -0.1) is 0 Å². The quantitative estimate of drug-likeness (QED) is 0.651. The number of carbonyl (C=O) groups excluding carboxylic acids is 1. The number of rotatable bonds is 4. The molecule has 136 valence electrons. The van der Waals surface area contributed by atoms with Crippen molar-refractivity contribution in [1.29, 1.82) is 0 Å². The molecule has 0 radical (unpaired) electrons. The highest BCUT2D eigenvalue weighted by Crippen LogP contribution is 2.24. The molecule has 2 aromatic rings. The number of nitrogens with one attached hydrogen (secondary N) is 1. The number of hydrogen-bond acceptors (Lipinski definition) is 5. The van der Waals surface area contributed by atoms with Crippen LogP contribution in [0.1, 0.15) is 18.1 Å². The summed E-state index contributed by atoms with van der Waals surface area (Å²) in [5.41, 5.74) is 1.94. The van der Waals surface area contributed by atoms with Crippen molar-refractivity contribution >= 4 is 27.3 Å². The normalized spacial score (nSPS) is 13.8. The maximum atomic E-state index is 12.6. The Morgan fingerprint density at radius 1 is 1.15 bits per heavy atom. The SMILES string of the molecule is CC(=O)N1CCc2ccc(S(=O)(=O)Nc3ccc([N+](=O)[O-])cc3)cc2C1. The lowest BCUT2D eigenvalue weighted by Gasteiger charge is -2.28. The van der Waals surface area contributed by atoms with Crippen molar-refractivity contribution < 1.29 is 18.1 Å². The van der Waals surface area contributed by atoms with E-state index in [4.69, 9.17) is 0 Å². The molecule has 1 aliphatic heterocycles. The lowest BCUT2D eigenvalue weighted by Crippen LogP contribution is -2.34. The summed E-state index contributed by atoms with van der Waals surface area (Å²) >= 11 is 0. The van der Waals surface area contributed by atoms with Crippen molar-refractivity contribution in [2.45, 2.75) is 24.8 Å². The summed E-state index contributed by atoms with van der Waals surface area (Å²) in [6.45, 7) is 2.49. The number of nitrogens with zero attached hydrogens (tertiary/aromatic N) is 2. The molecule has 9 heteroatoms. The number of hydrogen-bond donors (Lipinski definition) is 1. The van der Waals surface area contributed by atoms with Crippen LogP contribution in [0.3, 0.4) is 0 Å². The van der Waals surface area contributed by atoms with Gasteiger partial charge in [-0.1, -0.05) is 6.07 Å². The minimum absolute atomic E-state index is 0.0482. The van der Waals surface area contributed by atoms with E-state index in [-0.39, 0.29) is 22.2 Å². The Balaban J connectivity index is 1.84. The van der Waals surface area contributed by atoms with Gasteiger partial charge in [-0.05, 0) is 41.8 Å². The van der Waals surface area contributed by atoms with E-state index in [2.05, 4.69) is 4.72 Å². The number of non-ortho nitro benzene ring substituents is 1. The van der Waals surface area contributed by atoms with Crippen LogP contribution in [-0.2, 0) is 27.8 Å². The van der Waals surface area contributed by atoms with Crippen LogP contribution in [0.4, 0.5) is 11.4 Å². The van der Waals surface area contributed by atoms with E-state index in [1.807, 2.05) is 0 Å². The first-order valence-corrected chi connectivity index (χ1v) is 9.39. The van der Waals surface area contributed by atoms with E-state index in [0.29, 0.717) is 19.5 Å². The van der Waals surface area contributed by atoms with Gasteiger partial charge in [0.2, 0.25) is 5.91 Å². The molecular formula is C17H17N3O5S. The van der Waals surface area contributed by atoms with Crippen LogP contribution in [0.5, 0.6) is 0 Å². The molecule has 2 aromatic carbocycles. The van der Waals surface area contributed by atoms with E-state index >= 15 is 0 Å². The van der Waals surface area contributed by atoms with Crippen molar-refractivity contribution in [3.05, 3.63) is 63.7 Å². The molecule has 3 rings (SSSR count). The van der Waals surface area contributed by atoms with E-state index in [0.717, 1.165) is 11.1 Å². The molecule has 0 atom stereocenters. The predicted molar refractivity (Wildman–Crippen MR) is 95.1 cm³/mol. The Labute approximate surface area is 150 Å². The smallest absolute Gasteiger partial charge is 0.269 e. The highest BCUT2D eigenvalue weighted by Gasteiger charge is 2.22. The average molecular weight is 375 g/mol. The molecule has 8 nitrogen and oxygen atoms in total. The van der Waals surface area contributed by atoms with Crippen LogP contribution in [0.25, 0.3) is 0 Å². The van der Waals surface area contributed by atoms with Gasteiger partial charge in [-0.3, -0.25) is 19.6 Å². The number of anilines is 1. The topological polar surface area (TPSA) is 110 Å². The third-order valence-electron chi connectivity index (χ3n) is 4.28. The first kappa shape index (κ1) is 17.9. The van der Waals surface area contributed by atoms with E-state index in [1.165, 1.54) is 37.3 Å². The van der Waals surface area contributed by atoms with Gasteiger partial charge in [0.25, 0.3) is 15.7 Å². The zero-order valence-electron chi connectivity index (χ0n) is 14.0. The summed E-state index contributed by atoms with van der Waals surface area (Å²) in [4.78, 5) is 23.4. The van der Waals surface area contributed by atoms with Crippen molar-refractivity contribution in [2.75, 3.05) is 11.3 Å². The third kappa shape index (κ3) is 3.67. The Hall–Kier alpha value is -2.94. The predicted octanol–water partition coefficient (Wildman–Crippen LogP) is 2.30. The summed E-state index contributed by atoms with van der Waals surface area (Å²) in [5, 5.41) is 10.7. The van der Waals surface area contributed by atoms with E-state index in [9.17, 15) is 23.3 Å². The lowest BCUT2D eigenvalue weighted by atomic mass is 10.00. The third-order valence-corrected chi connectivity index (χ3v) is 5.65. The second kappa shape index (κ2) is 6.75. The highest BCUT2D eigenvalue weighted by atomic mass is 32.2. The summed E-state index contributed by atoms with van der Waals surface area (Å²) in [6, 6.07) is 9.99. The maximum absolute atomic E-state index is 12.6. The van der Waals surface area contributed by atoms with Crippen molar-refractivity contribution in [2.24, 2.45) is 0 Å². The fourth-order valence-electron chi connectivity index (χ4n) is 2.83. The van der Waals surface area contributed by atoms with Crippen molar-refractivity contribution in [1.82, 2.24) is 4.90 Å². The molecule has 26 heavy (non-hydrogen) atoms. The number of fused-ring (bicyclic) bond motifs is 1. The maximum Gasteiger partial charge on any atom is 0.269 e. The summed E-state index contributed by atoms with van der Waals surface area (Å²) < 4.78 is 27.6. The molecule has 0 unspecified atom stereocenters. The number of benzene rings is 2. The minimum atomic E-state index is -3.84. The number of sulfonamides is 1. The molecule has 0 saturated heterocycles. The van der Waals surface area contributed by atoms with Crippen LogP contribution < -0.4 is 4.72 Å². The van der Waals surface area contributed by atoms with Crippen LogP contribution >= 0.6 is 0 Å².